The van der Waals surface area contributed by atoms with Gasteiger partial charge in [0, 0.05) is 6.08 Å². The van der Waals surface area contributed by atoms with Gasteiger partial charge in [-0.1, -0.05) is 23.5 Å². The summed E-state index contributed by atoms with van der Waals surface area (Å²) in [6.07, 6.45) is -1.86. The molecule has 0 unspecified atom stereocenters. The van der Waals surface area contributed by atoms with E-state index < -0.39 is 17.1 Å². The van der Waals surface area contributed by atoms with Crippen molar-refractivity contribution in [1.29, 1.82) is 0 Å². The summed E-state index contributed by atoms with van der Waals surface area (Å²) in [6, 6.07) is 6.90. The minimum Gasteiger partial charge on any atom is -0.497 e. The van der Waals surface area contributed by atoms with E-state index in [9.17, 15) is 18.0 Å². The Morgan fingerprint density at radius 3 is 2.50 bits per heavy atom. The number of carbonyl (C=O) groups excluding carboxylic acids is 1. The molecule has 0 saturated heterocycles. The van der Waals surface area contributed by atoms with Gasteiger partial charge in [0.2, 0.25) is 16.0 Å². The first-order valence-corrected chi connectivity index (χ1v) is 6.74. The first kappa shape index (κ1) is 16.0. The molecule has 116 valence electrons. The van der Waals surface area contributed by atoms with Crippen LogP contribution in [0.5, 0.6) is 5.75 Å². The SMILES string of the molecule is COc1ccc(C=CC(=O)Nc2nnc(C(F)(F)F)s2)cc1. The monoisotopic (exact) mass is 329 g/mol. The second-order valence-corrected chi connectivity index (χ2v) is 4.98. The predicted octanol–water partition coefficient (Wildman–Crippen LogP) is 3.22. The van der Waals surface area contributed by atoms with E-state index in [0.29, 0.717) is 5.75 Å². The van der Waals surface area contributed by atoms with E-state index in [0.717, 1.165) is 5.56 Å². The highest BCUT2D eigenvalue weighted by Gasteiger charge is 2.35. The molecule has 0 aliphatic rings. The maximum Gasteiger partial charge on any atom is 0.445 e. The van der Waals surface area contributed by atoms with E-state index in [1.807, 2.05) is 0 Å². The van der Waals surface area contributed by atoms with Gasteiger partial charge >= 0.3 is 6.18 Å². The van der Waals surface area contributed by atoms with Gasteiger partial charge in [0.15, 0.2) is 0 Å². The Morgan fingerprint density at radius 2 is 1.95 bits per heavy atom. The molecule has 1 N–H and O–H groups in total. The molecule has 0 bridgehead atoms. The number of hydrogen-bond acceptors (Lipinski definition) is 5. The first-order valence-electron chi connectivity index (χ1n) is 5.92. The second-order valence-electron chi connectivity index (χ2n) is 4.01. The van der Waals surface area contributed by atoms with Gasteiger partial charge in [-0.2, -0.15) is 13.2 Å². The van der Waals surface area contributed by atoms with Crippen molar-refractivity contribution >= 4 is 28.5 Å². The zero-order valence-corrected chi connectivity index (χ0v) is 12.0. The number of benzene rings is 1. The van der Waals surface area contributed by atoms with Crippen LogP contribution in [0.2, 0.25) is 0 Å². The lowest BCUT2D eigenvalue weighted by molar-refractivity contribution is -0.138. The molecule has 9 heteroatoms. The number of ether oxygens (including phenoxy) is 1. The number of anilines is 1. The van der Waals surface area contributed by atoms with E-state index in [-0.39, 0.29) is 16.5 Å². The van der Waals surface area contributed by atoms with Crippen molar-refractivity contribution < 1.29 is 22.7 Å². The van der Waals surface area contributed by atoms with E-state index in [1.165, 1.54) is 19.3 Å². The van der Waals surface area contributed by atoms with Crippen LogP contribution in [0.25, 0.3) is 6.08 Å². The number of alkyl halides is 3. The molecule has 0 spiro atoms. The minimum absolute atomic E-state index is 0.211. The summed E-state index contributed by atoms with van der Waals surface area (Å²) in [5.74, 6) is 0.0795. The molecule has 1 heterocycles. The number of methoxy groups -OCH3 is 1. The van der Waals surface area contributed by atoms with Crippen LogP contribution < -0.4 is 10.1 Å². The van der Waals surface area contributed by atoms with Crippen LogP contribution in [0, 0.1) is 0 Å². The molecule has 2 rings (SSSR count). The third-order valence-corrected chi connectivity index (χ3v) is 3.32. The van der Waals surface area contributed by atoms with Crippen LogP contribution in [0.1, 0.15) is 10.6 Å². The number of rotatable bonds is 4. The third kappa shape index (κ3) is 4.29. The van der Waals surface area contributed by atoms with Gasteiger partial charge in [-0.3, -0.25) is 10.1 Å². The molecule has 2 aromatic rings. The Labute approximate surface area is 127 Å². The molecule has 0 atom stereocenters. The van der Waals surface area contributed by atoms with Crippen molar-refractivity contribution in [2.45, 2.75) is 6.18 Å². The fourth-order valence-electron chi connectivity index (χ4n) is 1.42. The van der Waals surface area contributed by atoms with Crippen LogP contribution in [-0.2, 0) is 11.0 Å². The number of nitrogens with zero attached hydrogens (tertiary/aromatic N) is 2. The zero-order valence-electron chi connectivity index (χ0n) is 11.2. The molecule has 5 nitrogen and oxygen atoms in total. The summed E-state index contributed by atoms with van der Waals surface area (Å²) in [6.45, 7) is 0. The predicted molar refractivity (Wildman–Crippen MR) is 75.6 cm³/mol. The standard InChI is InChI=1S/C13H10F3N3O2S/c1-21-9-5-2-8(3-6-9)4-7-10(20)17-12-19-18-11(22-12)13(14,15)16/h2-7H,1H3,(H,17,19,20). The molecule has 0 fully saturated rings. The van der Waals surface area contributed by atoms with Gasteiger partial charge < -0.3 is 4.74 Å². The highest BCUT2D eigenvalue weighted by atomic mass is 32.1. The lowest BCUT2D eigenvalue weighted by Crippen LogP contribution is -2.07. The van der Waals surface area contributed by atoms with Crippen LogP contribution in [0.4, 0.5) is 18.3 Å². The maximum absolute atomic E-state index is 12.3. The molecule has 22 heavy (non-hydrogen) atoms. The van der Waals surface area contributed by atoms with Crippen molar-refractivity contribution in [1.82, 2.24) is 10.2 Å². The number of nitrogens with one attached hydrogen (secondary N) is 1. The molecular weight excluding hydrogens is 319 g/mol. The minimum atomic E-state index is -4.57. The molecule has 0 aliphatic carbocycles. The van der Waals surface area contributed by atoms with E-state index in [1.54, 1.807) is 24.3 Å². The average molecular weight is 329 g/mol. The largest absolute Gasteiger partial charge is 0.497 e. The summed E-state index contributed by atoms with van der Waals surface area (Å²) in [5, 5.41) is 7.14. The van der Waals surface area contributed by atoms with Gasteiger partial charge in [-0.05, 0) is 23.8 Å². The average Bonchev–Trinajstić information content (AvgIpc) is 2.94. The third-order valence-electron chi connectivity index (χ3n) is 2.44. The molecule has 0 aliphatic heterocycles. The van der Waals surface area contributed by atoms with Gasteiger partial charge in [0.25, 0.3) is 0 Å². The lowest BCUT2D eigenvalue weighted by atomic mass is 10.2. The summed E-state index contributed by atoms with van der Waals surface area (Å²) in [4.78, 5) is 11.6. The fourth-order valence-corrected chi connectivity index (χ4v) is 2.04. The highest BCUT2D eigenvalue weighted by molar-refractivity contribution is 7.15. The van der Waals surface area contributed by atoms with Crippen molar-refractivity contribution in [2.24, 2.45) is 0 Å². The van der Waals surface area contributed by atoms with Gasteiger partial charge in [-0.25, -0.2) is 0 Å². The maximum atomic E-state index is 12.3. The number of aromatic nitrogens is 2. The quantitative estimate of drug-likeness (QED) is 0.875. The number of halogens is 3. The second kappa shape index (κ2) is 6.56. The fraction of sp³-hybridized carbons (Fsp3) is 0.154. The molecule has 1 amide bonds. The zero-order chi connectivity index (χ0) is 16.2. The van der Waals surface area contributed by atoms with Gasteiger partial charge in [0.1, 0.15) is 5.75 Å². The Bertz CT molecular complexity index is 681. The summed E-state index contributed by atoms with van der Waals surface area (Å²) in [5.41, 5.74) is 0.740. The summed E-state index contributed by atoms with van der Waals surface area (Å²) >= 11 is 0.265. The van der Waals surface area contributed by atoms with Crippen molar-refractivity contribution in [3.8, 4) is 5.75 Å². The first-order chi connectivity index (χ1) is 10.4. The van der Waals surface area contributed by atoms with E-state index in [4.69, 9.17) is 4.74 Å². The number of hydrogen-bond donors (Lipinski definition) is 1. The molecule has 1 aromatic carbocycles. The lowest BCUT2D eigenvalue weighted by Gasteiger charge is -1.99. The van der Waals surface area contributed by atoms with Crippen LogP contribution in [0.15, 0.2) is 30.3 Å². The van der Waals surface area contributed by atoms with Gasteiger partial charge in [-0.15, -0.1) is 10.2 Å². The molecular formula is C13H10F3N3O2S. The smallest absolute Gasteiger partial charge is 0.445 e. The van der Waals surface area contributed by atoms with Crippen molar-refractivity contribution in [3.05, 3.63) is 40.9 Å². The molecule has 1 aromatic heterocycles. The van der Waals surface area contributed by atoms with E-state index in [2.05, 4.69) is 15.5 Å². The highest BCUT2D eigenvalue weighted by Crippen LogP contribution is 2.32. The topological polar surface area (TPSA) is 64.1 Å². The van der Waals surface area contributed by atoms with Crippen LogP contribution in [0.3, 0.4) is 0 Å². The van der Waals surface area contributed by atoms with Gasteiger partial charge in [0.05, 0.1) is 7.11 Å². The Balaban J connectivity index is 1.97. The molecule has 0 radical (unpaired) electrons. The normalized spacial score (nSPS) is 11.6. The molecule has 0 saturated carbocycles. The summed E-state index contributed by atoms with van der Waals surface area (Å²) < 4.78 is 42.0. The van der Waals surface area contributed by atoms with Crippen LogP contribution in [-0.4, -0.2) is 23.2 Å². The van der Waals surface area contributed by atoms with Crippen LogP contribution >= 0.6 is 11.3 Å². The number of carbonyl (C=O) groups is 1. The van der Waals surface area contributed by atoms with Crippen molar-refractivity contribution in [3.63, 3.8) is 0 Å². The van der Waals surface area contributed by atoms with Crippen molar-refractivity contribution in [2.75, 3.05) is 12.4 Å². The Kier molecular flexibility index (Phi) is 4.76. The Morgan fingerprint density at radius 1 is 1.27 bits per heavy atom. The number of amides is 1. The Hall–Kier alpha value is -2.42. The summed E-state index contributed by atoms with van der Waals surface area (Å²) in [7, 11) is 1.54. The van der Waals surface area contributed by atoms with E-state index >= 15 is 0 Å².